The van der Waals surface area contributed by atoms with Gasteiger partial charge in [0.2, 0.25) is 5.76 Å². The van der Waals surface area contributed by atoms with E-state index in [1.807, 2.05) is 0 Å². The summed E-state index contributed by atoms with van der Waals surface area (Å²) in [6.45, 7) is 1.05. The van der Waals surface area contributed by atoms with Crippen LogP contribution in [0, 0.1) is 11.6 Å². The van der Waals surface area contributed by atoms with E-state index >= 15 is 0 Å². The summed E-state index contributed by atoms with van der Waals surface area (Å²) in [5, 5.41) is 6.31. The topological polar surface area (TPSA) is 110 Å². The SMILES string of the molecule is CCN(NC(=O)c1cc(OC)no1)C(=O)NCc1ncc(-c2cc(Cl)cc(F)c2C(F)(F)F)cc1F. The molecule has 0 bridgehead atoms. The number of hydrogen-bond acceptors (Lipinski definition) is 6. The van der Waals surface area contributed by atoms with E-state index in [4.69, 9.17) is 20.9 Å². The van der Waals surface area contributed by atoms with Gasteiger partial charge in [0.15, 0.2) is 0 Å². The van der Waals surface area contributed by atoms with Crippen LogP contribution < -0.4 is 15.5 Å². The molecule has 0 radical (unpaired) electrons. The summed E-state index contributed by atoms with van der Waals surface area (Å²) in [5.74, 6) is -3.70. The minimum absolute atomic E-state index is 0.00174. The Morgan fingerprint density at radius 1 is 1.17 bits per heavy atom. The van der Waals surface area contributed by atoms with Crippen molar-refractivity contribution in [2.24, 2.45) is 0 Å². The number of aromatic nitrogens is 2. The molecule has 36 heavy (non-hydrogen) atoms. The van der Waals surface area contributed by atoms with Gasteiger partial charge in [-0.2, -0.15) is 13.2 Å². The Labute approximate surface area is 205 Å². The maximum Gasteiger partial charge on any atom is 0.419 e. The lowest BCUT2D eigenvalue weighted by Gasteiger charge is -2.21. The molecule has 2 N–H and O–H groups in total. The third kappa shape index (κ3) is 6.00. The molecule has 1 aromatic carbocycles. The van der Waals surface area contributed by atoms with Gasteiger partial charge in [0.05, 0.1) is 31.0 Å². The zero-order valence-corrected chi connectivity index (χ0v) is 19.3. The van der Waals surface area contributed by atoms with E-state index in [9.17, 15) is 31.5 Å². The van der Waals surface area contributed by atoms with Crippen molar-refractivity contribution in [3.8, 4) is 17.0 Å². The van der Waals surface area contributed by atoms with E-state index in [0.717, 1.165) is 17.3 Å². The second-order valence-electron chi connectivity index (χ2n) is 7.04. The molecule has 0 atom stereocenters. The first-order valence-electron chi connectivity index (χ1n) is 10.0. The molecule has 0 saturated heterocycles. The largest absolute Gasteiger partial charge is 0.479 e. The number of carbonyl (C=O) groups is 2. The van der Waals surface area contributed by atoms with Gasteiger partial charge in [-0.1, -0.05) is 11.6 Å². The first-order valence-corrected chi connectivity index (χ1v) is 10.4. The molecule has 15 heteroatoms. The fraction of sp³-hybridized carbons (Fsp3) is 0.238. The summed E-state index contributed by atoms with van der Waals surface area (Å²) in [4.78, 5) is 28.3. The Morgan fingerprint density at radius 3 is 2.47 bits per heavy atom. The number of rotatable bonds is 6. The minimum atomic E-state index is -5.07. The second kappa shape index (κ2) is 10.8. The van der Waals surface area contributed by atoms with Gasteiger partial charge in [-0.05, 0) is 35.8 Å². The summed E-state index contributed by atoms with van der Waals surface area (Å²) in [6.07, 6.45) is -4.18. The number of hydrogen-bond donors (Lipinski definition) is 2. The number of hydrazine groups is 1. The Bertz CT molecular complexity index is 1280. The molecule has 3 amide bonds. The molecular formula is C21H17ClF5N5O4. The normalized spacial score (nSPS) is 11.2. The fourth-order valence-corrected chi connectivity index (χ4v) is 3.21. The highest BCUT2D eigenvalue weighted by Gasteiger charge is 2.37. The number of nitrogens with one attached hydrogen (secondary N) is 2. The zero-order chi connectivity index (χ0) is 26.6. The number of carbonyl (C=O) groups excluding carboxylic acids is 2. The van der Waals surface area contributed by atoms with Crippen molar-refractivity contribution < 1.29 is 40.8 Å². The molecule has 2 aromatic heterocycles. The maximum absolute atomic E-state index is 14.6. The average molecular weight is 534 g/mol. The quantitative estimate of drug-likeness (QED) is 0.355. The highest BCUT2D eigenvalue weighted by atomic mass is 35.5. The van der Waals surface area contributed by atoms with Crippen molar-refractivity contribution in [3.63, 3.8) is 0 Å². The van der Waals surface area contributed by atoms with E-state index in [2.05, 4.69) is 20.9 Å². The van der Waals surface area contributed by atoms with Gasteiger partial charge < -0.3 is 14.6 Å². The van der Waals surface area contributed by atoms with Crippen molar-refractivity contribution in [1.82, 2.24) is 25.9 Å². The fourth-order valence-electron chi connectivity index (χ4n) is 3.00. The predicted octanol–water partition coefficient (Wildman–Crippen LogP) is 4.57. The summed E-state index contributed by atoms with van der Waals surface area (Å²) < 4.78 is 78.2. The van der Waals surface area contributed by atoms with Gasteiger partial charge in [-0.25, -0.2) is 18.6 Å². The smallest absolute Gasteiger partial charge is 0.419 e. The molecule has 0 saturated carbocycles. The Morgan fingerprint density at radius 2 is 1.89 bits per heavy atom. The zero-order valence-electron chi connectivity index (χ0n) is 18.5. The minimum Gasteiger partial charge on any atom is -0.479 e. The van der Waals surface area contributed by atoms with Gasteiger partial charge in [0.1, 0.15) is 11.6 Å². The number of methoxy groups -OCH3 is 1. The van der Waals surface area contributed by atoms with Crippen LogP contribution in [0.1, 0.15) is 28.7 Å². The van der Waals surface area contributed by atoms with Gasteiger partial charge in [0.25, 0.3) is 5.88 Å². The maximum atomic E-state index is 14.6. The number of pyridine rings is 1. The van der Waals surface area contributed by atoms with Crippen LogP contribution in [0.25, 0.3) is 11.1 Å². The highest BCUT2D eigenvalue weighted by molar-refractivity contribution is 6.30. The lowest BCUT2D eigenvalue weighted by molar-refractivity contribution is -0.139. The van der Waals surface area contributed by atoms with Gasteiger partial charge in [-0.15, -0.1) is 0 Å². The van der Waals surface area contributed by atoms with Crippen LogP contribution in [0.15, 0.2) is 35.0 Å². The van der Waals surface area contributed by atoms with E-state index in [-0.39, 0.29) is 34.5 Å². The van der Waals surface area contributed by atoms with Crippen molar-refractivity contribution in [3.05, 3.63) is 64.1 Å². The van der Waals surface area contributed by atoms with Gasteiger partial charge >= 0.3 is 18.1 Å². The molecular weight excluding hydrogens is 517 g/mol. The monoisotopic (exact) mass is 533 g/mol. The second-order valence-corrected chi connectivity index (χ2v) is 7.47. The van der Waals surface area contributed by atoms with Crippen LogP contribution >= 0.6 is 11.6 Å². The molecule has 0 aliphatic carbocycles. The first-order chi connectivity index (χ1) is 16.9. The number of ether oxygens (including phenoxy) is 1. The van der Waals surface area contributed by atoms with Crippen molar-refractivity contribution in [2.45, 2.75) is 19.6 Å². The molecule has 0 aliphatic heterocycles. The van der Waals surface area contributed by atoms with Crippen LogP contribution in [0.3, 0.4) is 0 Å². The van der Waals surface area contributed by atoms with E-state index in [0.29, 0.717) is 12.1 Å². The van der Waals surface area contributed by atoms with Crippen LogP contribution in [-0.2, 0) is 12.7 Å². The van der Waals surface area contributed by atoms with E-state index < -0.39 is 47.4 Å². The van der Waals surface area contributed by atoms with Crippen molar-refractivity contribution in [1.29, 1.82) is 0 Å². The number of halogens is 6. The average Bonchev–Trinajstić information content (AvgIpc) is 3.29. The number of alkyl halides is 3. The standard InChI is InChI=1S/C21H17ClF5N5O4/c1-3-32(30-19(33)16-7-17(35-2)31-36-16)20(34)29-9-15-13(23)4-10(8-28-15)12-5-11(22)6-14(24)18(12)21(25,26)27/h4-8H,3,9H2,1-2H3,(H,29,34)(H,30,33). The highest BCUT2D eigenvalue weighted by Crippen LogP contribution is 2.40. The molecule has 0 aliphatic rings. The van der Waals surface area contributed by atoms with Crippen LogP contribution in [0.4, 0.5) is 26.7 Å². The van der Waals surface area contributed by atoms with E-state index in [1.54, 1.807) is 0 Å². The van der Waals surface area contributed by atoms with Gasteiger partial charge in [-0.3, -0.25) is 15.2 Å². The van der Waals surface area contributed by atoms with E-state index in [1.165, 1.54) is 20.1 Å². The van der Waals surface area contributed by atoms with Crippen LogP contribution in [0.5, 0.6) is 5.88 Å². The van der Waals surface area contributed by atoms with Crippen molar-refractivity contribution in [2.75, 3.05) is 13.7 Å². The molecule has 0 unspecified atom stereocenters. The first kappa shape index (κ1) is 26.7. The Balaban J connectivity index is 1.73. The number of benzene rings is 1. The van der Waals surface area contributed by atoms with Gasteiger partial charge in [0, 0.05) is 23.3 Å². The van der Waals surface area contributed by atoms with Crippen molar-refractivity contribution >= 4 is 23.5 Å². The number of amides is 3. The summed E-state index contributed by atoms with van der Waals surface area (Å²) in [6, 6.07) is 2.40. The predicted molar refractivity (Wildman–Crippen MR) is 115 cm³/mol. The lowest BCUT2D eigenvalue weighted by Crippen LogP contribution is -2.50. The summed E-state index contributed by atoms with van der Waals surface area (Å²) >= 11 is 5.69. The molecule has 3 aromatic rings. The third-order valence-corrected chi connectivity index (χ3v) is 4.91. The van der Waals surface area contributed by atoms with Crippen LogP contribution in [-0.4, -0.2) is 40.7 Å². The molecule has 3 rings (SSSR count). The van der Waals surface area contributed by atoms with Crippen LogP contribution in [0.2, 0.25) is 5.02 Å². The Kier molecular flexibility index (Phi) is 7.97. The molecule has 9 nitrogen and oxygen atoms in total. The number of urea groups is 1. The third-order valence-electron chi connectivity index (χ3n) is 4.69. The molecule has 192 valence electrons. The molecule has 2 heterocycles. The molecule has 0 fully saturated rings. The molecule has 0 spiro atoms. The summed E-state index contributed by atoms with van der Waals surface area (Å²) in [7, 11) is 1.31. The summed E-state index contributed by atoms with van der Waals surface area (Å²) in [5.41, 5.74) is -0.759. The lowest BCUT2D eigenvalue weighted by atomic mass is 9.99. The number of nitrogens with zero attached hydrogens (tertiary/aromatic N) is 3. The Hall–Kier alpha value is -3.94.